The van der Waals surface area contributed by atoms with E-state index in [1.54, 1.807) is 7.11 Å². The lowest BCUT2D eigenvalue weighted by molar-refractivity contribution is -0.117. The first-order chi connectivity index (χ1) is 4.33. The van der Waals surface area contributed by atoms with E-state index in [1.165, 1.54) is 6.08 Å². The highest BCUT2D eigenvalue weighted by atomic mass is 16.5. The number of rotatable bonds is 1. The molecule has 0 aromatic carbocycles. The van der Waals surface area contributed by atoms with Gasteiger partial charge >= 0.3 is 0 Å². The summed E-state index contributed by atoms with van der Waals surface area (Å²) in [4.78, 5) is 10.6. The van der Waals surface area contributed by atoms with Crippen LogP contribution >= 0.6 is 0 Å². The minimum Gasteiger partial charge on any atom is -0.501 e. The second-order valence-electron chi connectivity index (χ2n) is 1.86. The zero-order valence-electron chi connectivity index (χ0n) is 5.31. The Balaban J connectivity index is 2.59. The summed E-state index contributed by atoms with van der Waals surface area (Å²) >= 11 is 0. The third kappa shape index (κ3) is 1.45. The molecule has 0 spiro atoms. The number of ether oxygens (including phenoxy) is 1. The molecule has 3 nitrogen and oxygen atoms in total. The van der Waals surface area contributed by atoms with E-state index in [2.05, 4.69) is 5.32 Å². The standard InChI is InChI=1S/C6H9NO2/c1-9-5-2-3-7-6(8)4-5/h4H,2-3H2,1H3,(H,7,8). The summed E-state index contributed by atoms with van der Waals surface area (Å²) in [6.45, 7) is 0.693. The van der Waals surface area contributed by atoms with Crippen LogP contribution in [0.25, 0.3) is 0 Å². The van der Waals surface area contributed by atoms with Crippen LogP contribution in [-0.2, 0) is 9.53 Å². The fraction of sp³-hybridized carbons (Fsp3) is 0.500. The highest BCUT2D eigenvalue weighted by Crippen LogP contribution is 2.03. The van der Waals surface area contributed by atoms with Crippen molar-refractivity contribution in [1.82, 2.24) is 5.32 Å². The highest BCUT2D eigenvalue weighted by molar-refractivity contribution is 5.88. The van der Waals surface area contributed by atoms with E-state index in [-0.39, 0.29) is 5.91 Å². The first kappa shape index (κ1) is 6.13. The van der Waals surface area contributed by atoms with Crippen molar-refractivity contribution in [3.8, 4) is 0 Å². The first-order valence-electron chi connectivity index (χ1n) is 2.85. The van der Waals surface area contributed by atoms with Crippen LogP contribution in [0.15, 0.2) is 11.8 Å². The van der Waals surface area contributed by atoms with Gasteiger partial charge in [0.2, 0.25) is 5.91 Å². The predicted molar refractivity (Wildman–Crippen MR) is 32.7 cm³/mol. The van der Waals surface area contributed by atoms with Crippen LogP contribution in [0.5, 0.6) is 0 Å². The zero-order chi connectivity index (χ0) is 6.69. The summed E-state index contributed by atoms with van der Waals surface area (Å²) < 4.78 is 4.86. The lowest BCUT2D eigenvalue weighted by Gasteiger charge is -2.11. The Bertz CT molecular complexity index is 151. The van der Waals surface area contributed by atoms with Gasteiger partial charge in [0.05, 0.1) is 7.11 Å². The van der Waals surface area contributed by atoms with Gasteiger partial charge in [-0.1, -0.05) is 0 Å². The van der Waals surface area contributed by atoms with Gasteiger partial charge in [-0.15, -0.1) is 0 Å². The van der Waals surface area contributed by atoms with Crippen molar-refractivity contribution in [2.24, 2.45) is 0 Å². The Hall–Kier alpha value is -0.990. The topological polar surface area (TPSA) is 38.3 Å². The summed E-state index contributed by atoms with van der Waals surface area (Å²) in [7, 11) is 1.57. The zero-order valence-corrected chi connectivity index (χ0v) is 5.31. The normalized spacial score (nSPS) is 18.3. The van der Waals surface area contributed by atoms with E-state index in [4.69, 9.17) is 4.74 Å². The number of carbonyl (C=O) groups is 1. The van der Waals surface area contributed by atoms with Crippen LogP contribution in [0.3, 0.4) is 0 Å². The van der Waals surface area contributed by atoms with Gasteiger partial charge in [-0.3, -0.25) is 4.79 Å². The van der Waals surface area contributed by atoms with Gasteiger partial charge < -0.3 is 10.1 Å². The van der Waals surface area contributed by atoms with Crippen LogP contribution in [0.4, 0.5) is 0 Å². The predicted octanol–water partition coefficient (Wildman–Crippen LogP) is 0.0366. The monoisotopic (exact) mass is 127 g/mol. The second kappa shape index (κ2) is 2.53. The minimum atomic E-state index is -0.0573. The van der Waals surface area contributed by atoms with Gasteiger partial charge in [0, 0.05) is 19.0 Å². The third-order valence-corrected chi connectivity index (χ3v) is 1.22. The molecule has 0 unspecified atom stereocenters. The van der Waals surface area contributed by atoms with E-state index in [0.29, 0.717) is 6.54 Å². The molecule has 50 valence electrons. The molecule has 0 bridgehead atoms. The Morgan fingerprint density at radius 3 is 3.00 bits per heavy atom. The molecule has 0 aromatic heterocycles. The Kier molecular flexibility index (Phi) is 1.72. The Morgan fingerprint density at radius 2 is 2.56 bits per heavy atom. The molecule has 1 rings (SSSR count). The Morgan fingerprint density at radius 1 is 1.78 bits per heavy atom. The fourth-order valence-corrected chi connectivity index (χ4v) is 0.739. The molecule has 9 heavy (non-hydrogen) atoms. The van der Waals surface area contributed by atoms with Crippen LogP contribution in [0.2, 0.25) is 0 Å². The summed E-state index contributed by atoms with van der Waals surface area (Å²) in [6.07, 6.45) is 2.28. The molecule has 0 saturated carbocycles. The van der Waals surface area contributed by atoms with Gasteiger partial charge in [-0.2, -0.15) is 0 Å². The molecule has 3 heteroatoms. The molecule has 0 fully saturated rings. The van der Waals surface area contributed by atoms with Crippen molar-refractivity contribution in [3.63, 3.8) is 0 Å². The van der Waals surface area contributed by atoms with Gasteiger partial charge in [0.1, 0.15) is 5.76 Å². The van der Waals surface area contributed by atoms with E-state index in [0.717, 1.165) is 12.2 Å². The molecule has 1 amide bonds. The average Bonchev–Trinajstić information content (AvgIpc) is 1.88. The van der Waals surface area contributed by atoms with E-state index < -0.39 is 0 Å². The molecule has 1 N–H and O–H groups in total. The number of hydrogen-bond acceptors (Lipinski definition) is 2. The molecular formula is C6H9NO2. The minimum absolute atomic E-state index is 0.0573. The van der Waals surface area contributed by atoms with Crippen molar-refractivity contribution < 1.29 is 9.53 Å². The SMILES string of the molecule is COC1=CC(=O)NCC1. The molecule has 0 atom stereocenters. The molecule has 1 aliphatic rings. The fourth-order valence-electron chi connectivity index (χ4n) is 0.739. The molecular weight excluding hydrogens is 118 g/mol. The maximum atomic E-state index is 10.6. The Labute approximate surface area is 53.7 Å². The van der Waals surface area contributed by atoms with Crippen LogP contribution in [0.1, 0.15) is 6.42 Å². The highest BCUT2D eigenvalue weighted by Gasteiger charge is 2.07. The van der Waals surface area contributed by atoms with Gasteiger partial charge in [0.15, 0.2) is 0 Å². The second-order valence-corrected chi connectivity index (χ2v) is 1.86. The molecule has 0 aromatic rings. The van der Waals surface area contributed by atoms with Gasteiger partial charge in [-0.05, 0) is 0 Å². The molecule has 0 saturated heterocycles. The molecule has 1 heterocycles. The smallest absolute Gasteiger partial charge is 0.247 e. The summed E-state index contributed by atoms with van der Waals surface area (Å²) in [6, 6.07) is 0. The lowest BCUT2D eigenvalue weighted by Crippen LogP contribution is -2.27. The van der Waals surface area contributed by atoms with Crippen LogP contribution in [-0.4, -0.2) is 19.6 Å². The van der Waals surface area contributed by atoms with Crippen molar-refractivity contribution >= 4 is 5.91 Å². The number of methoxy groups -OCH3 is 1. The molecule has 0 radical (unpaired) electrons. The molecule has 1 aliphatic heterocycles. The van der Waals surface area contributed by atoms with Crippen LogP contribution in [0, 0.1) is 0 Å². The van der Waals surface area contributed by atoms with Crippen molar-refractivity contribution in [3.05, 3.63) is 11.8 Å². The van der Waals surface area contributed by atoms with Crippen LogP contribution < -0.4 is 5.32 Å². The number of amides is 1. The first-order valence-corrected chi connectivity index (χ1v) is 2.85. The van der Waals surface area contributed by atoms with Crippen molar-refractivity contribution in [2.75, 3.05) is 13.7 Å². The quantitative estimate of drug-likeness (QED) is 0.540. The lowest BCUT2D eigenvalue weighted by atomic mass is 10.2. The number of nitrogens with one attached hydrogen (secondary N) is 1. The summed E-state index contributed by atoms with van der Waals surface area (Å²) in [5, 5.41) is 2.65. The summed E-state index contributed by atoms with van der Waals surface area (Å²) in [5.74, 6) is 0.705. The molecule has 0 aliphatic carbocycles. The third-order valence-electron chi connectivity index (χ3n) is 1.22. The maximum absolute atomic E-state index is 10.6. The number of carbonyl (C=O) groups excluding carboxylic acids is 1. The van der Waals surface area contributed by atoms with Crippen molar-refractivity contribution in [1.29, 1.82) is 0 Å². The van der Waals surface area contributed by atoms with Gasteiger partial charge in [0.25, 0.3) is 0 Å². The number of hydrogen-bond donors (Lipinski definition) is 1. The van der Waals surface area contributed by atoms with Crippen molar-refractivity contribution in [2.45, 2.75) is 6.42 Å². The van der Waals surface area contributed by atoms with Gasteiger partial charge in [-0.25, -0.2) is 0 Å². The van der Waals surface area contributed by atoms with E-state index in [9.17, 15) is 4.79 Å². The van der Waals surface area contributed by atoms with E-state index >= 15 is 0 Å². The maximum Gasteiger partial charge on any atom is 0.247 e. The largest absolute Gasteiger partial charge is 0.501 e. The average molecular weight is 127 g/mol. The summed E-state index contributed by atoms with van der Waals surface area (Å²) in [5.41, 5.74) is 0. The van der Waals surface area contributed by atoms with E-state index in [1.807, 2.05) is 0 Å².